The van der Waals surface area contributed by atoms with Crippen molar-refractivity contribution in [3.05, 3.63) is 35.5 Å². The van der Waals surface area contributed by atoms with Crippen LogP contribution in [-0.4, -0.2) is 21.8 Å². The number of benzene rings is 1. The number of nitrogens with one attached hydrogen (secondary N) is 1. The summed E-state index contributed by atoms with van der Waals surface area (Å²) in [5, 5.41) is 5.61. The van der Waals surface area contributed by atoms with Crippen molar-refractivity contribution in [1.82, 2.24) is 4.98 Å². The van der Waals surface area contributed by atoms with Gasteiger partial charge in [-0.1, -0.05) is 6.07 Å². The van der Waals surface area contributed by atoms with Crippen LogP contribution in [0.2, 0.25) is 0 Å². The van der Waals surface area contributed by atoms with E-state index in [1.54, 1.807) is 6.92 Å². The van der Waals surface area contributed by atoms with Gasteiger partial charge in [-0.2, -0.15) is 0 Å². The molecular formula is C10H11N3O4S3. The second-order valence-electron chi connectivity index (χ2n) is 3.88. The number of thiazole rings is 1. The molecule has 108 valence electrons. The normalized spacial score (nSPS) is 12.3. The number of hydrogen-bond donors (Lipinski definition) is 2. The second-order valence-corrected chi connectivity index (χ2v) is 8.58. The van der Waals surface area contributed by atoms with E-state index in [1.165, 1.54) is 24.4 Å². The van der Waals surface area contributed by atoms with Crippen LogP contribution in [0, 0.1) is 6.92 Å². The van der Waals surface area contributed by atoms with Gasteiger partial charge in [-0.05, 0) is 25.1 Å². The first-order valence-electron chi connectivity index (χ1n) is 5.26. The lowest BCUT2D eigenvalue weighted by molar-refractivity contribution is 0.596. The van der Waals surface area contributed by atoms with Crippen LogP contribution in [-0.2, 0) is 20.0 Å². The minimum absolute atomic E-state index is 0.0519. The fourth-order valence-electron chi connectivity index (χ4n) is 1.41. The molecule has 0 aliphatic heterocycles. The SMILES string of the molecule is Cc1ncc(S(=O)(=O)Nc2cccc(S(N)(=O)=O)c2)s1. The lowest BCUT2D eigenvalue weighted by atomic mass is 10.3. The van der Waals surface area contributed by atoms with Gasteiger partial charge in [-0.25, -0.2) is 27.0 Å². The molecule has 0 fully saturated rings. The summed E-state index contributed by atoms with van der Waals surface area (Å²) in [6.45, 7) is 1.69. The summed E-state index contributed by atoms with van der Waals surface area (Å²) in [6.07, 6.45) is 1.24. The Morgan fingerprint density at radius 2 is 1.95 bits per heavy atom. The van der Waals surface area contributed by atoms with Crippen molar-refractivity contribution in [2.75, 3.05) is 4.72 Å². The van der Waals surface area contributed by atoms with Crippen LogP contribution in [0.1, 0.15) is 5.01 Å². The summed E-state index contributed by atoms with van der Waals surface area (Å²) < 4.78 is 48.9. The van der Waals surface area contributed by atoms with Gasteiger partial charge in [-0.15, -0.1) is 11.3 Å². The fraction of sp³-hybridized carbons (Fsp3) is 0.100. The van der Waals surface area contributed by atoms with E-state index in [0.717, 1.165) is 17.4 Å². The van der Waals surface area contributed by atoms with Crippen molar-refractivity contribution >= 4 is 37.1 Å². The third-order valence-electron chi connectivity index (χ3n) is 2.28. The molecule has 2 aromatic rings. The molecule has 10 heteroatoms. The first-order valence-corrected chi connectivity index (χ1v) is 9.11. The van der Waals surface area contributed by atoms with Crippen LogP contribution in [0.3, 0.4) is 0 Å². The van der Waals surface area contributed by atoms with E-state index in [2.05, 4.69) is 9.71 Å². The Balaban J connectivity index is 2.35. The highest BCUT2D eigenvalue weighted by atomic mass is 32.2. The Kier molecular flexibility index (Phi) is 3.82. The van der Waals surface area contributed by atoms with Gasteiger partial charge in [0.2, 0.25) is 10.0 Å². The summed E-state index contributed by atoms with van der Waals surface area (Å²) in [5.74, 6) is 0. The van der Waals surface area contributed by atoms with E-state index < -0.39 is 20.0 Å². The Bertz CT molecular complexity index is 840. The third-order valence-corrected chi connectivity index (χ3v) is 5.95. The molecule has 0 aliphatic rings. The molecule has 0 saturated heterocycles. The number of primary sulfonamides is 1. The molecule has 7 nitrogen and oxygen atoms in total. The molecule has 1 aromatic heterocycles. The molecule has 20 heavy (non-hydrogen) atoms. The van der Waals surface area contributed by atoms with Crippen LogP contribution >= 0.6 is 11.3 Å². The number of aromatic nitrogens is 1. The number of rotatable bonds is 4. The molecular weight excluding hydrogens is 322 g/mol. The minimum atomic E-state index is -3.89. The van der Waals surface area contributed by atoms with Crippen molar-refractivity contribution in [1.29, 1.82) is 0 Å². The zero-order valence-corrected chi connectivity index (χ0v) is 12.7. The monoisotopic (exact) mass is 333 g/mol. The van der Waals surface area contributed by atoms with Crippen LogP contribution in [0.5, 0.6) is 0 Å². The first-order chi connectivity index (χ1) is 9.18. The molecule has 0 radical (unpaired) electrons. The largest absolute Gasteiger partial charge is 0.279 e. The summed E-state index contributed by atoms with van der Waals surface area (Å²) in [6, 6.07) is 5.26. The highest BCUT2D eigenvalue weighted by Crippen LogP contribution is 2.22. The van der Waals surface area contributed by atoms with Crippen molar-refractivity contribution in [3.8, 4) is 0 Å². The van der Waals surface area contributed by atoms with Crippen LogP contribution in [0.25, 0.3) is 0 Å². The number of hydrogen-bond acceptors (Lipinski definition) is 6. The lowest BCUT2D eigenvalue weighted by Gasteiger charge is -2.07. The van der Waals surface area contributed by atoms with Gasteiger partial charge in [0, 0.05) is 0 Å². The van der Waals surface area contributed by atoms with Gasteiger partial charge >= 0.3 is 0 Å². The number of nitrogens with two attached hydrogens (primary N) is 1. The summed E-state index contributed by atoms with van der Waals surface area (Å²) in [4.78, 5) is 3.70. The van der Waals surface area contributed by atoms with Crippen LogP contribution < -0.4 is 9.86 Å². The summed E-state index contributed by atoms with van der Waals surface area (Å²) >= 11 is 1.02. The maximum atomic E-state index is 12.1. The number of aryl methyl sites for hydroxylation is 1. The van der Waals surface area contributed by atoms with Crippen molar-refractivity contribution < 1.29 is 16.8 Å². The van der Waals surface area contributed by atoms with Crippen molar-refractivity contribution in [2.24, 2.45) is 5.14 Å². The maximum absolute atomic E-state index is 12.1. The number of sulfonamides is 2. The fourth-order valence-corrected chi connectivity index (χ4v) is 4.12. The van der Waals surface area contributed by atoms with Gasteiger partial charge in [0.15, 0.2) is 4.21 Å². The molecule has 2 rings (SSSR count). The molecule has 1 heterocycles. The van der Waals surface area contributed by atoms with E-state index in [4.69, 9.17) is 5.14 Å². The van der Waals surface area contributed by atoms with Crippen LogP contribution in [0.15, 0.2) is 39.6 Å². The Hall–Kier alpha value is -1.49. The van der Waals surface area contributed by atoms with E-state index >= 15 is 0 Å². The highest BCUT2D eigenvalue weighted by Gasteiger charge is 2.18. The van der Waals surface area contributed by atoms with E-state index in [1.807, 2.05) is 0 Å². The average Bonchev–Trinajstić information content (AvgIpc) is 2.75. The van der Waals surface area contributed by atoms with Gasteiger partial charge < -0.3 is 0 Å². The first kappa shape index (κ1) is 14.9. The molecule has 0 unspecified atom stereocenters. The topological polar surface area (TPSA) is 119 Å². The van der Waals surface area contributed by atoms with Crippen LogP contribution in [0.4, 0.5) is 5.69 Å². The molecule has 0 bridgehead atoms. The van der Waals surface area contributed by atoms with Gasteiger partial charge in [0.05, 0.1) is 21.8 Å². The zero-order valence-electron chi connectivity index (χ0n) is 10.3. The van der Waals surface area contributed by atoms with Crippen molar-refractivity contribution in [2.45, 2.75) is 16.0 Å². The molecule has 0 saturated carbocycles. The molecule has 3 N–H and O–H groups in total. The minimum Gasteiger partial charge on any atom is -0.279 e. The van der Waals surface area contributed by atoms with E-state index in [0.29, 0.717) is 5.01 Å². The smallest absolute Gasteiger partial charge is 0.273 e. The Morgan fingerprint density at radius 3 is 2.50 bits per heavy atom. The quantitative estimate of drug-likeness (QED) is 0.861. The van der Waals surface area contributed by atoms with E-state index in [-0.39, 0.29) is 14.8 Å². The second kappa shape index (κ2) is 5.13. The lowest BCUT2D eigenvalue weighted by Crippen LogP contribution is -2.14. The number of anilines is 1. The third kappa shape index (κ3) is 3.33. The van der Waals surface area contributed by atoms with Gasteiger partial charge in [0.1, 0.15) is 0 Å². The summed E-state index contributed by atoms with van der Waals surface area (Å²) in [7, 11) is -7.67. The standard InChI is InChI=1S/C10H11N3O4S3/c1-7-12-6-10(18-7)20(16,17)13-8-3-2-4-9(5-8)19(11,14)15/h2-6,13H,1H3,(H2,11,14,15). The maximum Gasteiger partial charge on any atom is 0.273 e. The summed E-state index contributed by atoms with van der Waals surface area (Å²) in [5.41, 5.74) is 0.113. The van der Waals surface area contributed by atoms with E-state index in [9.17, 15) is 16.8 Å². The zero-order chi connectivity index (χ0) is 15.0. The molecule has 0 amide bonds. The molecule has 0 atom stereocenters. The van der Waals surface area contributed by atoms with Gasteiger partial charge in [0.25, 0.3) is 10.0 Å². The Morgan fingerprint density at radius 1 is 1.25 bits per heavy atom. The number of nitrogens with zero attached hydrogens (tertiary/aromatic N) is 1. The van der Waals surface area contributed by atoms with Gasteiger partial charge in [-0.3, -0.25) is 4.72 Å². The Labute approximate surface area is 120 Å². The highest BCUT2D eigenvalue weighted by molar-refractivity contribution is 7.94. The molecule has 0 aliphatic carbocycles. The van der Waals surface area contributed by atoms with Crippen molar-refractivity contribution in [3.63, 3.8) is 0 Å². The molecule has 0 spiro atoms. The predicted octanol–water partition coefficient (Wildman–Crippen LogP) is 0.900. The predicted molar refractivity (Wildman–Crippen MR) is 75.5 cm³/mol. The average molecular weight is 333 g/mol. The molecule has 1 aromatic carbocycles.